The Morgan fingerprint density at radius 2 is 2.14 bits per heavy atom. The zero-order valence-electron chi connectivity index (χ0n) is 12.3. The van der Waals surface area contributed by atoms with E-state index in [1.165, 1.54) is 0 Å². The number of benzene rings is 1. The van der Waals surface area contributed by atoms with Gasteiger partial charge >= 0.3 is 0 Å². The van der Waals surface area contributed by atoms with E-state index in [0.717, 1.165) is 12.8 Å². The summed E-state index contributed by atoms with van der Waals surface area (Å²) in [5.41, 5.74) is 0.659. The van der Waals surface area contributed by atoms with Crippen LogP contribution in [-0.4, -0.2) is 32.8 Å². The smallest absolute Gasteiger partial charge is 0.249 e. The molecule has 1 aromatic rings. The number of carbonyl (C=O) groups is 1. The third-order valence-corrected chi connectivity index (χ3v) is 5.38. The van der Waals surface area contributed by atoms with E-state index >= 15 is 0 Å². The van der Waals surface area contributed by atoms with E-state index in [1.54, 1.807) is 31.2 Å². The second-order valence-electron chi connectivity index (χ2n) is 5.25. The first kappa shape index (κ1) is 16.0. The number of unbranched alkanes of at least 4 members (excludes halogenated alkanes) is 1. The molecule has 2 atom stereocenters. The number of hydrogen-bond donors (Lipinski definition) is 1. The number of hydrogen-bond acceptors (Lipinski definition) is 4. The molecule has 116 valence electrons. The molecule has 1 heterocycles. The van der Waals surface area contributed by atoms with Crippen LogP contribution in [0.15, 0.2) is 29.2 Å². The average Bonchev–Trinajstić information content (AvgIpc) is 2.71. The van der Waals surface area contributed by atoms with E-state index in [2.05, 4.69) is 12.2 Å². The third kappa shape index (κ3) is 3.63. The molecule has 0 aliphatic carbocycles. The maximum absolute atomic E-state index is 12.1. The number of rotatable bonds is 6. The van der Waals surface area contributed by atoms with Crippen molar-refractivity contribution in [2.45, 2.75) is 43.7 Å². The molecule has 2 rings (SSSR count). The molecule has 1 aromatic carbocycles. The number of ether oxygens (including phenoxy) is 1. The summed E-state index contributed by atoms with van der Waals surface area (Å²) in [5, 5.41) is 2.77. The van der Waals surface area contributed by atoms with Crippen LogP contribution in [0.1, 0.15) is 38.3 Å². The fourth-order valence-electron chi connectivity index (χ4n) is 2.34. The standard InChI is InChI=1S/C15H21NO4S/c1-3-4-9-20-11(2)15(17)16-13-10-21(18,19)14-8-6-5-7-12(13)14/h5-8,11,13H,3-4,9-10H2,1-2H3,(H,16,17)/t11-,13-/m1/s1. The first-order valence-electron chi connectivity index (χ1n) is 7.19. The average molecular weight is 311 g/mol. The highest BCUT2D eigenvalue weighted by Gasteiger charge is 2.35. The van der Waals surface area contributed by atoms with Crippen LogP contribution < -0.4 is 5.32 Å². The number of fused-ring (bicyclic) bond motifs is 1. The molecule has 0 aromatic heterocycles. The van der Waals surface area contributed by atoms with Crippen LogP contribution in [0.3, 0.4) is 0 Å². The van der Waals surface area contributed by atoms with E-state index in [0.29, 0.717) is 17.1 Å². The van der Waals surface area contributed by atoms with E-state index in [1.807, 2.05) is 0 Å². The summed E-state index contributed by atoms with van der Waals surface area (Å²) >= 11 is 0. The molecule has 0 saturated carbocycles. The number of carbonyl (C=O) groups excluding carboxylic acids is 1. The number of sulfone groups is 1. The number of amides is 1. The van der Waals surface area contributed by atoms with Gasteiger partial charge in [-0.3, -0.25) is 4.79 Å². The van der Waals surface area contributed by atoms with Gasteiger partial charge in [-0.2, -0.15) is 0 Å². The lowest BCUT2D eigenvalue weighted by molar-refractivity contribution is -0.132. The van der Waals surface area contributed by atoms with Crippen molar-refractivity contribution in [2.75, 3.05) is 12.4 Å². The maximum atomic E-state index is 12.1. The molecular weight excluding hydrogens is 290 g/mol. The van der Waals surface area contributed by atoms with Crippen LogP contribution >= 0.6 is 0 Å². The molecule has 0 radical (unpaired) electrons. The highest BCUT2D eigenvalue weighted by molar-refractivity contribution is 7.91. The van der Waals surface area contributed by atoms with Gasteiger partial charge in [-0.15, -0.1) is 0 Å². The lowest BCUT2D eigenvalue weighted by Crippen LogP contribution is -2.37. The topological polar surface area (TPSA) is 72.5 Å². The van der Waals surface area contributed by atoms with E-state index < -0.39 is 22.0 Å². The third-order valence-electron chi connectivity index (χ3n) is 3.57. The molecule has 1 N–H and O–H groups in total. The molecule has 0 unspecified atom stereocenters. The lowest BCUT2D eigenvalue weighted by Gasteiger charge is -2.17. The first-order valence-corrected chi connectivity index (χ1v) is 8.84. The van der Waals surface area contributed by atoms with Crippen molar-refractivity contribution in [1.82, 2.24) is 5.32 Å². The summed E-state index contributed by atoms with van der Waals surface area (Å²) in [6, 6.07) is 6.30. The van der Waals surface area contributed by atoms with Gasteiger partial charge in [-0.05, 0) is 25.0 Å². The van der Waals surface area contributed by atoms with Gasteiger partial charge in [0.2, 0.25) is 5.91 Å². The molecule has 0 bridgehead atoms. The van der Waals surface area contributed by atoms with E-state index in [9.17, 15) is 13.2 Å². The molecule has 1 amide bonds. The van der Waals surface area contributed by atoms with Gasteiger partial charge in [-0.1, -0.05) is 31.5 Å². The summed E-state index contributed by atoms with van der Waals surface area (Å²) in [6.07, 6.45) is 1.33. The van der Waals surface area contributed by atoms with E-state index in [-0.39, 0.29) is 11.7 Å². The van der Waals surface area contributed by atoms with Crippen LogP contribution in [0, 0.1) is 0 Å². The second kappa shape index (κ2) is 6.58. The summed E-state index contributed by atoms with van der Waals surface area (Å²) in [5.74, 6) is -0.359. The predicted octanol–water partition coefficient (Wildman–Crippen LogP) is 1.84. The molecule has 1 aliphatic rings. The summed E-state index contributed by atoms with van der Waals surface area (Å²) < 4.78 is 29.5. The molecule has 5 nitrogen and oxygen atoms in total. The SMILES string of the molecule is CCCCO[C@H](C)C(=O)N[C@@H]1CS(=O)(=O)c2ccccc21. The van der Waals surface area contributed by atoms with Gasteiger partial charge in [0, 0.05) is 6.61 Å². The van der Waals surface area contributed by atoms with Gasteiger partial charge in [-0.25, -0.2) is 8.42 Å². The Bertz CT molecular complexity index is 612. The molecule has 0 fully saturated rings. The summed E-state index contributed by atoms with van der Waals surface area (Å²) in [4.78, 5) is 12.4. The van der Waals surface area contributed by atoms with Crippen molar-refractivity contribution in [3.05, 3.63) is 29.8 Å². The minimum atomic E-state index is -3.30. The summed E-state index contributed by atoms with van der Waals surface area (Å²) in [7, 11) is -3.30. The van der Waals surface area contributed by atoms with Gasteiger partial charge in [0.1, 0.15) is 6.10 Å². The van der Waals surface area contributed by atoms with Crippen LogP contribution in [0.4, 0.5) is 0 Å². The minimum Gasteiger partial charge on any atom is -0.369 e. The Kier molecular flexibility index (Phi) is 5.00. The zero-order chi connectivity index (χ0) is 15.5. The van der Waals surface area contributed by atoms with Crippen LogP contribution in [0.5, 0.6) is 0 Å². The van der Waals surface area contributed by atoms with Gasteiger partial charge < -0.3 is 10.1 Å². The maximum Gasteiger partial charge on any atom is 0.249 e. The quantitative estimate of drug-likeness (QED) is 0.814. The highest BCUT2D eigenvalue weighted by atomic mass is 32.2. The van der Waals surface area contributed by atoms with Crippen LogP contribution in [-0.2, 0) is 19.4 Å². The molecule has 21 heavy (non-hydrogen) atoms. The van der Waals surface area contributed by atoms with Gasteiger partial charge in [0.15, 0.2) is 9.84 Å². The Balaban J connectivity index is 2.03. The molecule has 6 heteroatoms. The monoisotopic (exact) mass is 311 g/mol. The lowest BCUT2D eigenvalue weighted by atomic mass is 10.1. The van der Waals surface area contributed by atoms with Crippen LogP contribution in [0.2, 0.25) is 0 Å². The molecular formula is C15H21NO4S. The fraction of sp³-hybridized carbons (Fsp3) is 0.533. The molecule has 0 spiro atoms. The Hall–Kier alpha value is -1.40. The van der Waals surface area contributed by atoms with Crippen LogP contribution in [0.25, 0.3) is 0 Å². The first-order chi connectivity index (χ1) is 9.95. The second-order valence-corrected chi connectivity index (χ2v) is 7.25. The number of nitrogens with one attached hydrogen (secondary N) is 1. The molecule has 1 aliphatic heterocycles. The fourth-order valence-corrected chi connectivity index (χ4v) is 4.08. The Morgan fingerprint density at radius 1 is 1.43 bits per heavy atom. The van der Waals surface area contributed by atoms with Crippen molar-refractivity contribution < 1.29 is 17.9 Å². The van der Waals surface area contributed by atoms with Crippen molar-refractivity contribution in [3.8, 4) is 0 Å². The largest absolute Gasteiger partial charge is 0.369 e. The summed E-state index contributed by atoms with van der Waals surface area (Å²) in [6.45, 7) is 4.26. The van der Waals surface area contributed by atoms with Crippen molar-refractivity contribution in [2.24, 2.45) is 0 Å². The van der Waals surface area contributed by atoms with Crippen molar-refractivity contribution >= 4 is 15.7 Å². The van der Waals surface area contributed by atoms with Crippen molar-refractivity contribution in [1.29, 1.82) is 0 Å². The Morgan fingerprint density at radius 3 is 2.86 bits per heavy atom. The van der Waals surface area contributed by atoms with Gasteiger partial charge in [0.25, 0.3) is 0 Å². The zero-order valence-corrected chi connectivity index (χ0v) is 13.2. The minimum absolute atomic E-state index is 0.0836. The van der Waals surface area contributed by atoms with Gasteiger partial charge in [0.05, 0.1) is 16.7 Å². The van der Waals surface area contributed by atoms with E-state index in [4.69, 9.17) is 4.74 Å². The van der Waals surface area contributed by atoms with Crippen molar-refractivity contribution in [3.63, 3.8) is 0 Å². The predicted molar refractivity (Wildman–Crippen MR) is 79.7 cm³/mol. The normalized spacial score (nSPS) is 20.8. The molecule has 0 saturated heterocycles. The Labute approximate surface area is 125 Å². The highest BCUT2D eigenvalue weighted by Crippen LogP contribution is 2.32.